The van der Waals surface area contributed by atoms with Crippen molar-refractivity contribution in [3.63, 3.8) is 0 Å². The van der Waals surface area contributed by atoms with Crippen LogP contribution in [0.5, 0.6) is 0 Å². The fourth-order valence-electron chi connectivity index (χ4n) is 3.77. The Kier molecular flexibility index (Phi) is 6.71. The molecule has 3 aromatic rings. The topological polar surface area (TPSA) is 116 Å². The number of hydrogen-bond acceptors (Lipinski definition) is 7. The molecule has 0 aliphatic heterocycles. The van der Waals surface area contributed by atoms with E-state index in [1.54, 1.807) is 12.3 Å². The van der Waals surface area contributed by atoms with Crippen LogP contribution in [0, 0.1) is 5.92 Å². The van der Waals surface area contributed by atoms with Crippen LogP contribution in [0.2, 0.25) is 0 Å². The molecule has 1 unspecified atom stereocenters. The summed E-state index contributed by atoms with van der Waals surface area (Å²) in [6.45, 7) is 6.48. The zero-order valence-corrected chi connectivity index (χ0v) is 19.3. The number of rotatable bonds is 8. The van der Waals surface area contributed by atoms with Gasteiger partial charge >= 0.3 is 0 Å². The molecule has 0 radical (unpaired) electrons. The molecule has 0 fully saturated rings. The van der Waals surface area contributed by atoms with Gasteiger partial charge in [-0.05, 0) is 42.9 Å². The smallest absolute Gasteiger partial charge is 0.251 e. The van der Waals surface area contributed by atoms with Crippen molar-refractivity contribution in [2.45, 2.75) is 37.9 Å². The van der Waals surface area contributed by atoms with Gasteiger partial charge in [-0.25, -0.2) is 0 Å². The van der Waals surface area contributed by atoms with Gasteiger partial charge in [0.2, 0.25) is 5.91 Å². The van der Waals surface area contributed by atoms with Crippen molar-refractivity contribution in [2.24, 2.45) is 11.7 Å². The van der Waals surface area contributed by atoms with Crippen molar-refractivity contribution in [3.05, 3.63) is 53.1 Å². The number of thioether (sulfide) groups is 1. The highest BCUT2D eigenvalue weighted by molar-refractivity contribution is 7.99. The lowest BCUT2D eigenvalue weighted by molar-refractivity contribution is -0.113. The molecular weight excluding hydrogens is 444 g/mol. The first-order valence-electron chi connectivity index (χ1n) is 10.3. The Morgan fingerprint density at radius 1 is 1.41 bits per heavy atom. The van der Waals surface area contributed by atoms with E-state index in [-0.39, 0.29) is 11.7 Å². The Hall–Kier alpha value is -2.98. The Morgan fingerprint density at radius 3 is 2.97 bits per heavy atom. The van der Waals surface area contributed by atoms with Crippen molar-refractivity contribution in [3.8, 4) is 11.5 Å². The van der Waals surface area contributed by atoms with Gasteiger partial charge in [0.05, 0.1) is 11.3 Å². The lowest BCUT2D eigenvalue weighted by Crippen LogP contribution is -2.20. The quantitative estimate of drug-likeness (QED) is 0.386. The molecule has 3 heterocycles. The lowest BCUT2D eigenvalue weighted by atomic mass is 9.88. The van der Waals surface area contributed by atoms with Crippen LogP contribution < -0.4 is 11.1 Å². The number of nitrogens with two attached hydrogens (primary N) is 1. The molecule has 1 atom stereocenters. The first-order chi connectivity index (χ1) is 15.5. The molecule has 2 amide bonds. The second kappa shape index (κ2) is 9.66. The third kappa shape index (κ3) is 4.61. The first kappa shape index (κ1) is 22.2. The van der Waals surface area contributed by atoms with Crippen molar-refractivity contribution >= 4 is 39.9 Å². The Balaban J connectivity index is 1.49. The summed E-state index contributed by atoms with van der Waals surface area (Å²) in [7, 11) is 0. The predicted molar refractivity (Wildman–Crippen MR) is 127 cm³/mol. The van der Waals surface area contributed by atoms with E-state index < -0.39 is 5.91 Å². The number of fused-ring (bicyclic) bond motifs is 1. The number of pyridine rings is 1. The molecule has 166 valence electrons. The third-order valence-corrected chi connectivity index (χ3v) is 7.40. The summed E-state index contributed by atoms with van der Waals surface area (Å²) in [5, 5.41) is 12.5. The maximum absolute atomic E-state index is 12.7. The normalized spacial score (nSPS) is 15.2. The van der Waals surface area contributed by atoms with E-state index in [1.807, 2.05) is 22.8 Å². The van der Waals surface area contributed by atoms with Crippen LogP contribution in [0.3, 0.4) is 0 Å². The highest BCUT2D eigenvalue weighted by Gasteiger charge is 2.27. The van der Waals surface area contributed by atoms with Crippen LogP contribution >= 0.6 is 23.1 Å². The van der Waals surface area contributed by atoms with E-state index in [2.05, 4.69) is 34.0 Å². The van der Waals surface area contributed by atoms with Gasteiger partial charge in [0.25, 0.3) is 5.91 Å². The van der Waals surface area contributed by atoms with E-state index in [1.165, 1.54) is 23.1 Å². The minimum Gasteiger partial charge on any atom is -0.365 e. The molecule has 0 spiro atoms. The van der Waals surface area contributed by atoms with Gasteiger partial charge < -0.3 is 11.1 Å². The largest absolute Gasteiger partial charge is 0.365 e. The monoisotopic (exact) mass is 468 g/mol. The van der Waals surface area contributed by atoms with Gasteiger partial charge in [-0.1, -0.05) is 30.8 Å². The summed E-state index contributed by atoms with van der Waals surface area (Å²) in [6.07, 6.45) is 6.18. The lowest BCUT2D eigenvalue weighted by Gasteiger charge is -2.18. The second-order valence-corrected chi connectivity index (χ2v) is 9.73. The van der Waals surface area contributed by atoms with Gasteiger partial charge in [-0.15, -0.1) is 28.1 Å². The molecule has 3 N–H and O–H groups in total. The maximum Gasteiger partial charge on any atom is 0.251 e. The molecule has 0 saturated heterocycles. The van der Waals surface area contributed by atoms with Crippen molar-refractivity contribution in [1.82, 2.24) is 19.7 Å². The second-order valence-electron chi connectivity index (χ2n) is 7.68. The number of nitrogens with zero attached hydrogens (tertiary/aromatic N) is 4. The Bertz CT molecular complexity index is 1150. The molecule has 3 aromatic heterocycles. The van der Waals surface area contributed by atoms with Crippen LogP contribution in [0.4, 0.5) is 5.00 Å². The summed E-state index contributed by atoms with van der Waals surface area (Å²) in [6, 6.07) is 5.57. The van der Waals surface area contributed by atoms with Gasteiger partial charge in [-0.3, -0.25) is 19.1 Å². The van der Waals surface area contributed by atoms with Crippen LogP contribution in [0.25, 0.3) is 11.5 Å². The van der Waals surface area contributed by atoms with E-state index >= 15 is 0 Å². The number of carbonyl (C=O) groups is 2. The zero-order valence-electron chi connectivity index (χ0n) is 17.7. The Morgan fingerprint density at radius 2 is 2.25 bits per heavy atom. The summed E-state index contributed by atoms with van der Waals surface area (Å²) in [5.74, 6) is 0.576. The van der Waals surface area contributed by atoms with Gasteiger partial charge in [0, 0.05) is 17.6 Å². The van der Waals surface area contributed by atoms with Crippen LogP contribution in [-0.2, 0) is 24.2 Å². The van der Waals surface area contributed by atoms with E-state index in [9.17, 15) is 9.59 Å². The Labute approximate surface area is 194 Å². The molecule has 1 aliphatic carbocycles. The highest BCUT2D eigenvalue weighted by atomic mass is 32.2. The average Bonchev–Trinajstić information content (AvgIpc) is 3.33. The van der Waals surface area contributed by atoms with Crippen LogP contribution in [0.15, 0.2) is 42.2 Å². The predicted octanol–water partition coefficient (Wildman–Crippen LogP) is 3.54. The minimum absolute atomic E-state index is 0.120. The number of allylic oxidation sites excluding steroid dienone is 1. The number of primary amides is 1. The summed E-state index contributed by atoms with van der Waals surface area (Å²) >= 11 is 2.73. The summed E-state index contributed by atoms with van der Waals surface area (Å²) < 4.78 is 1.87. The van der Waals surface area contributed by atoms with Crippen molar-refractivity contribution < 1.29 is 9.59 Å². The zero-order chi connectivity index (χ0) is 22.7. The number of hydrogen-bond donors (Lipinski definition) is 2. The number of anilines is 1. The van der Waals surface area contributed by atoms with Gasteiger partial charge in [0.1, 0.15) is 10.7 Å². The molecular formula is C22H24N6O2S2. The fourth-order valence-corrected chi connectivity index (χ4v) is 5.95. The van der Waals surface area contributed by atoms with Gasteiger partial charge in [-0.2, -0.15) is 0 Å². The number of amides is 2. The van der Waals surface area contributed by atoms with E-state index in [0.717, 1.165) is 29.7 Å². The number of aromatic nitrogens is 4. The number of carbonyl (C=O) groups excluding carboxylic acids is 2. The third-order valence-electron chi connectivity index (χ3n) is 5.27. The molecule has 8 nitrogen and oxygen atoms in total. The number of thiophene rings is 1. The molecule has 0 aromatic carbocycles. The molecule has 10 heteroatoms. The van der Waals surface area contributed by atoms with Gasteiger partial charge in [0.15, 0.2) is 11.0 Å². The van der Waals surface area contributed by atoms with Crippen LogP contribution in [-0.4, -0.2) is 37.3 Å². The minimum atomic E-state index is -0.495. The molecule has 4 rings (SSSR count). The number of nitrogens with one attached hydrogen (secondary N) is 1. The highest BCUT2D eigenvalue weighted by Crippen LogP contribution is 2.39. The summed E-state index contributed by atoms with van der Waals surface area (Å²) in [4.78, 5) is 30.3. The van der Waals surface area contributed by atoms with E-state index in [0.29, 0.717) is 39.7 Å². The van der Waals surface area contributed by atoms with Crippen molar-refractivity contribution in [1.29, 1.82) is 0 Å². The molecule has 0 bridgehead atoms. The standard InChI is InChI=1S/C22H24N6O2S2/c1-3-10-28-20(15-6-4-5-9-24-15)26-27-22(28)31-12-17(29)25-21-18(19(23)30)14-8-7-13(2)11-16(14)32-21/h3-6,9,13H,1,7-8,10-12H2,2H3,(H2,23,30)(H,25,29). The fraction of sp³-hybridized carbons (Fsp3) is 0.318. The molecule has 1 aliphatic rings. The van der Waals surface area contributed by atoms with Crippen LogP contribution in [0.1, 0.15) is 34.1 Å². The molecule has 0 saturated carbocycles. The molecule has 32 heavy (non-hydrogen) atoms. The average molecular weight is 469 g/mol. The first-order valence-corrected chi connectivity index (χ1v) is 12.1. The maximum atomic E-state index is 12.7. The van der Waals surface area contributed by atoms with Crippen molar-refractivity contribution in [2.75, 3.05) is 11.1 Å². The van der Waals surface area contributed by atoms with E-state index in [4.69, 9.17) is 5.73 Å². The SMILES string of the molecule is C=CCn1c(SCC(=O)Nc2sc3c(c2C(N)=O)CCC(C)C3)nnc1-c1ccccn1. The summed E-state index contributed by atoms with van der Waals surface area (Å²) in [5.41, 5.74) is 7.80.